The molecule has 3 rings (SSSR count). The molecule has 2 aromatic carbocycles. The van der Waals surface area contributed by atoms with Gasteiger partial charge in [0.05, 0.1) is 5.69 Å². The minimum atomic E-state index is -0.540. The molecule has 0 bridgehead atoms. The third-order valence-electron chi connectivity index (χ3n) is 3.28. The molecule has 1 heterocycles. The van der Waals surface area contributed by atoms with Crippen molar-refractivity contribution >= 4 is 28.9 Å². The summed E-state index contributed by atoms with van der Waals surface area (Å²) < 4.78 is 13.6. The van der Waals surface area contributed by atoms with Crippen molar-refractivity contribution in [3.8, 4) is 0 Å². The number of halogens is 2. The Labute approximate surface area is 120 Å². The highest BCUT2D eigenvalue weighted by molar-refractivity contribution is 6.30. The molecule has 0 aromatic heterocycles. The van der Waals surface area contributed by atoms with Crippen molar-refractivity contribution in [2.75, 3.05) is 10.6 Å². The Kier molecular flexibility index (Phi) is 3.32. The Balaban J connectivity index is 1.72. The normalized spacial score (nSPS) is 16.4. The van der Waals surface area contributed by atoms with E-state index in [9.17, 15) is 9.18 Å². The predicted molar refractivity (Wildman–Crippen MR) is 77.6 cm³/mol. The van der Waals surface area contributed by atoms with Gasteiger partial charge in [0.2, 0.25) is 5.91 Å². The average molecular weight is 291 g/mol. The van der Waals surface area contributed by atoms with Crippen LogP contribution in [0.1, 0.15) is 5.56 Å². The van der Waals surface area contributed by atoms with E-state index in [1.54, 1.807) is 0 Å². The van der Waals surface area contributed by atoms with Gasteiger partial charge in [0, 0.05) is 17.1 Å². The maximum absolute atomic E-state index is 13.6. The second-order valence-electron chi connectivity index (χ2n) is 4.67. The monoisotopic (exact) mass is 290 g/mol. The van der Waals surface area contributed by atoms with Gasteiger partial charge in [0.15, 0.2) is 0 Å². The Morgan fingerprint density at radius 2 is 2.10 bits per heavy atom. The molecule has 1 aliphatic heterocycles. The van der Waals surface area contributed by atoms with Crippen molar-refractivity contribution in [1.82, 2.24) is 0 Å². The lowest BCUT2D eigenvalue weighted by atomic mass is 10.1. The van der Waals surface area contributed by atoms with E-state index in [0.29, 0.717) is 11.4 Å². The van der Waals surface area contributed by atoms with E-state index < -0.39 is 5.82 Å². The maximum Gasteiger partial charge on any atom is 0.247 e. The average Bonchev–Trinajstić information content (AvgIpc) is 2.86. The molecule has 2 N–H and O–H groups in total. The van der Waals surface area contributed by atoms with E-state index in [-0.39, 0.29) is 17.6 Å². The summed E-state index contributed by atoms with van der Waals surface area (Å²) in [7, 11) is 0. The number of carbonyl (C=O) groups excluding carboxylic acids is 1. The number of nitrogens with one attached hydrogen (secondary N) is 2. The molecule has 0 unspecified atom stereocenters. The van der Waals surface area contributed by atoms with Crippen LogP contribution in [0.4, 0.5) is 15.8 Å². The van der Waals surface area contributed by atoms with Gasteiger partial charge in [-0.05, 0) is 29.8 Å². The summed E-state index contributed by atoms with van der Waals surface area (Å²) in [4.78, 5) is 12.1. The fourth-order valence-corrected chi connectivity index (χ4v) is 2.43. The molecule has 0 spiro atoms. The van der Waals surface area contributed by atoms with Gasteiger partial charge >= 0.3 is 0 Å². The standard InChI is InChI=1S/C15H12ClFN2O/c16-10-5-6-13(11(17)8-10)19-15(20)14-7-9-3-1-2-4-12(9)18-14/h1-6,8,14,18H,7H2,(H,19,20)/t14-/m0/s1. The van der Waals surface area contributed by atoms with Crippen LogP contribution < -0.4 is 10.6 Å². The van der Waals surface area contributed by atoms with Crippen LogP contribution in [0.3, 0.4) is 0 Å². The minimum Gasteiger partial charge on any atom is -0.373 e. The number of hydrogen-bond acceptors (Lipinski definition) is 2. The zero-order chi connectivity index (χ0) is 14.1. The van der Waals surface area contributed by atoms with E-state index in [1.165, 1.54) is 18.2 Å². The third-order valence-corrected chi connectivity index (χ3v) is 3.51. The lowest BCUT2D eigenvalue weighted by Crippen LogP contribution is -2.33. The maximum atomic E-state index is 13.6. The van der Waals surface area contributed by atoms with Crippen LogP contribution in [-0.2, 0) is 11.2 Å². The van der Waals surface area contributed by atoms with Crippen LogP contribution in [0, 0.1) is 5.82 Å². The van der Waals surface area contributed by atoms with Crippen molar-refractivity contribution in [2.24, 2.45) is 0 Å². The van der Waals surface area contributed by atoms with Crippen LogP contribution in [0.25, 0.3) is 0 Å². The molecule has 1 atom stereocenters. The van der Waals surface area contributed by atoms with Gasteiger partial charge in [-0.15, -0.1) is 0 Å². The van der Waals surface area contributed by atoms with Gasteiger partial charge in [-0.25, -0.2) is 4.39 Å². The first-order valence-corrected chi connectivity index (χ1v) is 6.61. The lowest BCUT2D eigenvalue weighted by Gasteiger charge is -2.12. The first kappa shape index (κ1) is 12.9. The smallest absolute Gasteiger partial charge is 0.247 e. The topological polar surface area (TPSA) is 41.1 Å². The highest BCUT2D eigenvalue weighted by Crippen LogP contribution is 2.26. The summed E-state index contributed by atoms with van der Waals surface area (Å²) in [6.45, 7) is 0. The van der Waals surface area contributed by atoms with Gasteiger partial charge in [0.1, 0.15) is 11.9 Å². The first-order chi connectivity index (χ1) is 9.63. The highest BCUT2D eigenvalue weighted by atomic mass is 35.5. The number of hydrogen-bond donors (Lipinski definition) is 2. The molecule has 0 saturated heterocycles. The summed E-state index contributed by atoms with van der Waals surface area (Å²) in [5.41, 5.74) is 2.17. The SMILES string of the molecule is O=C(Nc1ccc(Cl)cc1F)[C@@H]1Cc2ccccc2N1. The molecule has 1 aliphatic rings. The summed E-state index contributed by atoms with van der Waals surface area (Å²) in [6.07, 6.45) is 0.594. The fourth-order valence-electron chi connectivity index (χ4n) is 2.27. The van der Waals surface area contributed by atoms with Gasteiger partial charge in [-0.1, -0.05) is 29.8 Å². The van der Waals surface area contributed by atoms with Gasteiger partial charge in [0.25, 0.3) is 0 Å². The third kappa shape index (κ3) is 2.47. The summed E-state index contributed by atoms with van der Waals surface area (Å²) in [5.74, 6) is -0.802. The Morgan fingerprint density at radius 1 is 1.30 bits per heavy atom. The molecule has 0 aliphatic carbocycles. The van der Waals surface area contributed by atoms with Crippen molar-refractivity contribution in [3.05, 3.63) is 58.9 Å². The molecular weight excluding hydrogens is 279 g/mol. The Morgan fingerprint density at radius 3 is 2.85 bits per heavy atom. The number of benzene rings is 2. The van der Waals surface area contributed by atoms with Crippen LogP contribution in [-0.4, -0.2) is 11.9 Å². The molecule has 0 saturated carbocycles. The van der Waals surface area contributed by atoms with Gasteiger partial charge in [-0.2, -0.15) is 0 Å². The molecule has 0 radical (unpaired) electrons. The number of rotatable bonds is 2. The van der Waals surface area contributed by atoms with Gasteiger partial charge in [-0.3, -0.25) is 4.79 Å². The summed E-state index contributed by atoms with van der Waals surface area (Å²) in [6, 6.07) is 11.5. The van der Waals surface area contributed by atoms with Crippen molar-refractivity contribution in [2.45, 2.75) is 12.5 Å². The van der Waals surface area contributed by atoms with E-state index in [0.717, 1.165) is 11.3 Å². The molecule has 2 aromatic rings. The fraction of sp³-hybridized carbons (Fsp3) is 0.133. The zero-order valence-electron chi connectivity index (χ0n) is 10.5. The number of amides is 1. The molecule has 3 nitrogen and oxygen atoms in total. The zero-order valence-corrected chi connectivity index (χ0v) is 11.2. The van der Waals surface area contributed by atoms with Crippen molar-refractivity contribution < 1.29 is 9.18 Å². The second-order valence-corrected chi connectivity index (χ2v) is 5.11. The molecule has 5 heteroatoms. The minimum absolute atomic E-state index is 0.136. The highest BCUT2D eigenvalue weighted by Gasteiger charge is 2.26. The molecule has 102 valence electrons. The van der Waals surface area contributed by atoms with Crippen molar-refractivity contribution in [3.63, 3.8) is 0 Å². The largest absolute Gasteiger partial charge is 0.373 e. The molecular formula is C15H12ClFN2O. The molecule has 0 fully saturated rings. The molecule has 20 heavy (non-hydrogen) atoms. The Hall–Kier alpha value is -2.07. The van der Waals surface area contributed by atoms with Crippen LogP contribution in [0.5, 0.6) is 0 Å². The van der Waals surface area contributed by atoms with E-state index in [4.69, 9.17) is 11.6 Å². The van der Waals surface area contributed by atoms with Crippen LogP contribution in [0.2, 0.25) is 5.02 Å². The number of fused-ring (bicyclic) bond motifs is 1. The van der Waals surface area contributed by atoms with Crippen molar-refractivity contribution in [1.29, 1.82) is 0 Å². The predicted octanol–water partition coefficient (Wildman–Crippen LogP) is 3.45. The van der Waals surface area contributed by atoms with E-state index in [1.807, 2.05) is 24.3 Å². The quantitative estimate of drug-likeness (QED) is 0.889. The van der Waals surface area contributed by atoms with Crippen LogP contribution in [0.15, 0.2) is 42.5 Å². The van der Waals surface area contributed by atoms with Gasteiger partial charge < -0.3 is 10.6 Å². The van der Waals surface area contributed by atoms with Crippen LogP contribution >= 0.6 is 11.6 Å². The Bertz CT molecular complexity index is 650. The molecule has 1 amide bonds. The number of anilines is 2. The summed E-state index contributed by atoms with van der Waals surface area (Å²) in [5, 5.41) is 6.00. The first-order valence-electron chi connectivity index (χ1n) is 6.24. The summed E-state index contributed by atoms with van der Waals surface area (Å²) >= 11 is 5.68. The van der Waals surface area contributed by atoms with E-state index >= 15 is 0 Å². The lowest BCUT2D eigenvalue weighted by molar-refractivity contribution is -0.116. The number of carbonyl (C=O) groups is 1. The number of para-hydroxylation sites is 1. The van der Waals surface area contributed by atoms with E-state index in [2.05, 4.69) is 10.6 Å². The second kappa shape index (κ2) is 5.13.